The zero-order valence-electron chi connectivity index (χ0n) is 15.2. The molecule has 0 amide bonds. The van der Waals surface area contributed by atoms with Gasteiger partial charge in [0.2, 0.25) is 0 Å². The molecule has 0 spiro atoms. The summed E-state index contributed by atoms with van der Waals surface area (Å²) >= 11 is 6.11. The first kappa shape index (κ1) is 23.1. The fourth-order valence-corrected chi connectivity index (χ4v) is 3.39. The Kier molecular flexibility index (Phi) is 9.25. The van der Waals surface area contributed by atoms with Gasteiger partial charge >= 0.3 is 0 Å². The molecular formula is C16H26ClIN4O3S. The Bertz CT molecular complexity index is 730. The number of ether oxygens (including phenoxy) is 1. The predicted octanol–water partition coefficient (Wildman–Crippen LogP) is 1.75. The summed E-state index contributed by atoms with van der Waals surface area (Å²) in [6, 6.07) is 5.78. The van der Waals surface area contributed by atoms with Crippen LogP contribution in [0.3, 0.4) is 0 Å². The Balaban J connectivity index is 0.00000338. The molecule has 148 valence electrons. The summed E-state index contributed by atoms with van der Waals surface area (Å²) < 4.78 is 27.8. The molecule has 1 aromatic rings. The van der Waals surface area contributed by atoms with Gasteiger partial charge in [-0.3, -0.25) is 4.99 Å². The topological polar surface area (TPSA) is 83.0 Å². The molecule has 0 aliphatic carbocycles. The van der Waals surface area contributed by atoms with Crippen LogP contribution in [0.4, 0.5) is 5.69 Å². The highest BCUT2D eigenvalue weighted by molar-refractivity contribution is 14.0. The molecule has 1 atom stereocenters. The number of halogens is 2. The maximum absolute atomic E-state index is 11.2. The van der Waals surface area contributed by atoms with Gasteiger partial charge in [0.15, 0.2) is 5.96 Å². The SMILES string of the molecule is CN=C(NCCS(C)(=O)=O)NC1CCN(c2cc(Cl)ccc2OC)C1.I. The van der Waals surface area contributed by atoms with Crippen LogP contribution >= 0.6 is 35.6 Å². The van der Waals surface area contributed by atoms with Gasteiger partial charge in [-0.1, -0.05) is 11.6 Å². The van der Waals surface area contributed by atoms with E-state index in [2.05, 4.69) is 20.5 Å². The van der Waals surface area contributed by atoms with Crippen molar-refractivity contribution < 1.29 is 13.2 Å². The van der Waals surface area contributed by atoms with Crippen LogP contribution in [0.15, 0.2) is 23.2 Å². The molecule has 1 heterocycles. The van der Waals surface area contributed by atoms with Crippen molar-refractivity contribution in [3.05, 3.63) is 23.2 Å². The minimum absolute atomic E-state index is 0. The molecule has 1 aliphatic rings. The van der Waals surface area contributed by atoms with E-state index in [1.807, 2.05) is 18.2 Å². The Morgan fingerprint density at radius 1 is 1.46 bits per heavy atom. The van der Waals surface area contributed by atoms with E-state index in [4.69, 9.17) is 16.3 Å². The first-order chi connectivity index (χ1) is 11.8. The lowest BCUT2D eigenvalue weighted by Gasteiger charge is -2.22. The number of rotatable bonds is 6. The van der Waals surface area contributed by atoms with Crippen molar-refractivity contribution in [2.75, 3.05) is 50.7 Å². The van der Waals surface area contributed by atoms with Crippen molar-refractivity contribution in [1.29, 1.82) is 0 Å². The van der Waals surface area contributed by atoms with Gasteiger partial charge in [0.25, 0.3) is 0 Å². The van der Waals surface area contributed by atoms with Gasteiger partial charge < -0.3 is 20.3 Å². The van der Waals surface area contributed by atoms with Crippen LogP contribution in [0.1, 0.15) is 6.42 Å². The summed E-state index contributed by atoms with van der Waals surface area (Å²) in [7, 11) is 0.322. The Morgan fingerprint density at radius 3 is 2.81 bits per heavy atom. The second kappa shape index (κ2) is 10.4. The third kappa shape index (κ3) is 6.99. The lowest BCUT2D eigenvalue weighted by Crippen LogP contribution is -2.45. The number of hydrogen-bond acceptors (Lipinski definition) is 5. The number of aliphatic imine (C=N–C) groups is 1. The monoisotopic (exact) mass is 516 g/mol. The standard InChI is InChI=1S/C16H25ClN4O3S.HI/c1-18-16(19-7-9-25(3,22)23)20-13-6-8-21(11-13)14-10-12(17)4-5-15(14)24-2;/h4-5,10,13H,6-9,11H2,1-3H3,(H2,18,19,20);1H. The summed E-state index contributed by atoms with van der Waals surface area (Å²) in [5.41, 5.74) is 0.972. The maximum atomic E-state index is 11.2. The van der Waals surface area contributed by atoms with Gasteiger partial charge in [0, 0.05) is 44.0 Å². The molecule has 1 unspecified atom stereocenters. The minimum Gasteiger partial charge on any atom is -0.495 e. The molecule has 0 radical (unpaired) electrons. The molecule has 26 heavy (non-hydrogen) atoms. The van der Waals surface area contributed by atoms with Crippen molar-refractivity contribution in [3.8, 4) is 5.75 Å². The van der Waals surface area contributed by atoms with E-state index in [1.54, 1.807) is 14.2 Å². The first-order valence-electron chi connectivity index (χ1n) is 8.06. The summed E-state index contributed by atoms with van der Waals surface area (Å²) in [5, 5.41) is 7.04. The summed E-state index contributed by atoms with van der Waals surface area (Å²) in [6.07, 6.45) is 2.15. The van der Waals surface area contributed by atoms with Gasteiger partial charge in [0.1, 0.15) is 15.6 Å². The van der Waals surface area contributed by atoms with E-state index >= 15 is 0 Å². The van der Waals surface area contributed by atoms with Gasteiger partial charge in [-0.15, -0.1) is 24.0 Å². The molecule has 10 heteroatoms. The van der Waals surface area contributed by atoms with Crippen molar-refractivity contribution >= 4 is 57.1 Å². The van der Waals surface area contributed by atoms with E-state index in [-0.39, 0.29) is 35.8 Å². The van der Waals surface area contributed by atoms with Gasteiger partial charge in [0.05, 0.1) is 18.6 Å². The average Bonchev–Trinajstić information content (AvgIpc) is 3.01. The molecule has 1 aliphatic heterocycles. The zero-order chi connectivity index (χ0) is 18.4. The number of guanidine groups is 1. The number of sulfone groups is 1. The van der Waals surface area contributed by atoms with Crippen molar-refractivity contribution in [2.45, 2.75) is 12.5 Å². The molecule has 2 N–H and O–H groups in total. The first-order valence-corrected chi connectivity index (χ1v) is 10.5. The maximum Gasteiger partial charge on any atom is 0.191 e. The fraction of sp³-hybridized carbons (Fsp3) is 0.562. The van der Waals surface area contributed by atoms with Crippen LogP contribution in [0.25, 0.3) is 0 Å². The Labute approximate surface area is 177 Å². The highest BCUT2D eigenvalue weighted by Gasteiger charge is 2.25. The third-order valence-electron chi connectivity index (χ3n) is 4.00. The average molecular weight is 517 g/mol. The molecule has 1 fully saturated rings. The normalized spacial score (nSPS) is 17.6. The number of anilines is 1. The Morgan fingerprint density at radius 2 is 2.19 bits per heavy atom. The predicted molar refractivity (Wildman–Crippen MR) is 118 cm³/mol. The Hall–Kier alpha value is -0.940. The molecule has 1 saturated heterocycles. The number of methoxy groups -OCH3 is 1. The third-order valence-corrected chi connectivity index (χ3v) is 5.18. The van der Waals surface area contributed by atoms with Crippen LogP contribution in [0.2, 0.25) is 5.02 Å². The van der Waals surface area contributed by atoms with E-state index in [1.165, 1.54) is 6.26 Å². The molecule has 2 rings (SSSR count). The zero-order valence-corrected chi connectivity index (χ0v) is 19.1. The quantitative estimate of drug-likeness (QED) is 0.341. The minimum atomic E-state index is -2.99. The highest BCUT2D eigenvalue weighted by atomic mass is 127. The van der Waals surface area contributed by atoms with E-state index in [0.717, 1.165) is 30.9 Å². The van der Waals surface area contributed by atoms with E-state index in [9.17, 15) is 8.42 Å². The number of benzene rings is 1. The second-order valence-corrected chi connectivity index (χ2v) is 8.72. The lowest BCUT2D eigenvalue weighted by atomic mass is 10.2. The van der Waals surface area contributed by atoms with Crippen molar-refractivity contribution in [3.63, 3.8) is 0 Å². The summed E-state index contributed by atoms with van der Waals surface area (Å²) in [6.45, 7) is 1.98. The van der Waals surface area contributed by atoms with E-state index < -0.39 is 9.84 Å². The molecule has 0 saturated carbocycles. The number of nitrogens with zero attached hydrogens (tertiary/aromatic N) is 2. The van der Waals surface area contributed by atoms with Crippen LogP contribution in [-0.4, -0.2) is 66.2 Å². The van der Waals surface area contributed by atoms with Crippen LogP contribution in [0.5, 0.6) is 5.75 Å². The number of nitrogens with one attached hydrogen (secondary N) is 2. The smallest absolute Gasteiger partial charge is 0.191 e. The largest absolute Gasteiger partial charge is 0.495 e. The van der Waals surface area contributed by atoms with Gasteiger partial charge in [-0.05, 0) is 24.6 Å². The molecule has 7 nitrogen and oxygen atoms in total. The molecular weight excluding hydrogens is 491 g/mol. The molecule has 1 aromatic carbocycles. The number of hydrogen-bond donors (Lipinski definition) is 2. The van der Waals surface area contributed by atoms with E-state index in [0.29, 0.717) is 17.5 Å². The lowest BCUT2D eigenvalue weighted by molar-refractivity contribution is 0.415. The van der Waals surface area contributed by atoms with Crippen LogP contribution in [-0.2, 0) is 9.84 Å². The summed E-state index contributed by atoms with van der Waals surface area (Å²) in [4.78, 5) is 6.37. The van der Waals surface area contributed by atoms with Crippen LogP contribution in [0, 0.1) is 0 Å². The fourth-order valence-electron chi connectivity index (χ4n) is 2.75. The molecule has 0 bridgehead atoms. The summed E-state index contributed by atoms with van der Waals surface area (Å²) in [5.74, 6) is 1.47. The van der Waals surface area contributed by atoms with Crippen LogP contribution < -0.4 is 20.3 Å². The second-order valence-electron chi connectivity index (χ2n) is 6.02. The van der Waals surface area contributed by atoms with Gasteiger partial charge in [-0.2, -0.15) is 0 Å². The molecule has 0 aromatic heterocycles. The van der Waals surface area contributed by atoms with Crippen molar-refractivity contribution in [2.24, 2.45) is 4.99 Å². The van der Waals surface area contributed by atoms with Crippen molar-refractivity contribution in [1.82, 2.24) is 10.6 Å². The highest BCUT2D eigenvalue weighted by Crippen LogP contribution is 2.33. The van der Waals surface area contributed by atoms with Gasteiger partial charge in [-0.25, -0.2) is 8.42 Å².